The van der Waals surface area contributed by atoms with Gasteiger partial charge in [0.1, 0.15) is 0 Å². The molecule has 3 N–H and O–H groups in total. The van der Waals surface area contributed by atoms with E-state index >= 15 is 0 Å². The summed E-state index contributed by atoms with van der Waals surface area (Å²) in [7, 11) is 0. The van der Waals surface area contributed by atoms with Gasteiger partial charge in [-0.3, -0.25) is 4.90 Å². The summed E-state index contributed by atoms with van der Waals surface area (Å²) in [5, 5.41) is 10.3. The molecule has 0 spiro atoms. The first-order valence-electron chi connectivity index (χ1n) is 6.73. The molecular weight excluding hydrogens is 224 g/mol. The standard InChI is InChI=1S/C15H24N2O/c1-15(2)8-5-9-17(11-15)10-14(18)12-6-3-4-7-13(12)16/h3-4,6-7,14,18H,5,8-11,16H2,1-2H3. The fourth-order valence-electron chi connectivity index (χ4n) is 2.86. The minimum Gasteiger partial charge on any atom is -0.398 e. The molecule has 3 nitrogen and oxygen atoms in total. The molecule has 1 fully saturated rings. The molecular formula is C15H24N2O. The van der Waals surface area contributed by atoms with Crippen LogP contribution in [0.5, 0.6) is 0 Å². The molecule has 1 atom stereocenters. The molecule has 0 aliphatic carbocycles. The third kappa shape index (κ3) is 3.24. The van der Waals surface area contributed by atoms with Gasteiger partial charge in [-0.05, 0) is 30.9 Å². The second-order valence-corrected chi connectivity index (χ2v) is 6.15. The van der Waals surface area contributed by atoms with Gasteiger partial charge in [0.2, 0.25) is 0 Å². The number of anilines is 1. The van der Waals surface area contributed by atoms with Gasteiger partial charge in [0, 0.05) is 24.3 Å². The van der Waals surface area contributed by atoms with Crippen molar-refractivity contribution in [3.05, 3.63) is 29.8 Å². The Morgan fingerprint density at radius 2 is 2.11 bits per heavy atom. The summed E-state index contributed by atoms with van der Waals surface area (Å²) in [6.45, 7) is 7.40. The fraction of sp³-hybridized carbons (Fsp3) is 0.600. The maximum atomic E-state index is 10.3. The molecule has 0 amide bonds. The molecule has 1 aromatic carbocycles. The van der Waals surface area contributed by atoms with E-state index in [4.69, 9.17) is 5.73 Å². The minimum absolute atomic E-state index is 0.361. The summed E-state index contributed by atoms with van der Waals surface area (Å²) in [6, 6.07) is 7.58. The van der Waals surface area contributed by atoms with Gasteiger partial charge in [0.15, 0.2) is 0 Å². The van der Waals surface area contributed by atoms with Crippen LogP contribution in [-0.4, -0.2) is 29.6 Å². The van der Waals surface area contributed by atoms with E-state index in [-0.39, 0.29) is 0 Å². The lowest BCUT2D eigenvalue weighted by molar-refractivity contribution is 0.0601. The highest BCUT2D eigenvalue weighted by Crippen LogP contribution is 2.30. The van der Waals surface area contributed by atoms with Gasteiger partial charge in [0.25, 0.3) is 0 Å². The van der Waals surface area contributed by atoms with Crippen LogP contribution in [0.15, 0.2) is 24.3 Å². The van der Waals surface area contributed by atoms with Crippen LogP contribution in [0.2, 0.25) is 0 Å². The number of aliphatic hydroxyl groups is 1. The lowest BCUT2D eigenvalue weighted by Gasteiger charge is -2.39. The van der Waals surface area contributed by atoms with E-state index in [2.05, 4.69) is 18.7 Å². The van der Waals surface area contributed by atoms with Gasteiger partial charge in [-0.25, -0.2) is 0 Å². The Hall–Kier alpha value is -1.06. The van der Waals surface area contributed by atoms with Crippen LogP contribution in [0.4, 0.5) is 5.69 Å². The quantitative estimate of drug-likeness (QED) is 0.808. The molecule has 1 saturated heterocycles. The van der Waals surface area contributed by atoms with E-state index < -0.39 is 6.10 Å². The number of β-amino-alcohol motifs (C(OH)–C–C–N with tert-alkyl or cyclic N) is 1. The van der Waals surface area contributed by atoms with Crippen LogP contribution in [0.25, 0.3) is 0 Å². The molecule has 1 aliphatic rings. The Balaban J connectivity index is 1.99. The van der Waals surface area contributed by atoms with Crippen molar-refractivity contribution in [2.45, 2.75) is 32.8 Å². The van der Waals surface area contributed by atoms with Crippen molar-refractivity contribution in [1.82, 2.24) is 4.90 Å². The molecule has 3 heteroatoms. The van der Waals surface area contributed by atoms with Gasteiger partial charge in [-0.2, -0.15) is 0 Å². The third-order valence-corrected chi connectivity index (χ3v) is 3.77. The largest absolute Gasteiger partial charge is 0.398 e. The Kier molecular flexibility index (Phi) is 3.93. The molecule has 18 heavy (non-hydrogen) atoms. The first-order valence-corrected chi connectivity index (χ1v) is 6.73. The van der Waals surface area contributed by atoms with E-state index in [9.17, 15) is 5.11 Å². The van der Waals surface area contributed by atoms with Crippen molar-refractivity contribution in [3.63, 3.8) is 0 Å². The second kappa shape index (κ2) is 5.29. The third-order valence-electron chi connectivity index (χ3n) is 3.77. The van der Waals surface area contributed by atoms with Crippen molar-refractivity contribution in [3.8, 4) is 0 Å². The number of nitrogens with two attached hydrogens (primary N) is 1. The minimum atomic E-state index is -0.486. The number of hydrogen-bond acceptors (Lipinski definition) is 3. The maximum absolute atomic E-state index is 10.3. The first-order chi connectivity index (χ1) is 8.48. The molecule has 0 aromatic heterocycles. The molecule has 2 rings (SSSR count). The molecule has 0 saturated carbocycles. The van der Waals surface area contributed by atoms with Gasteiger partial charge in [-0.15, -0.1) is 0 Å². The van der Waals surface area contributed by atoms with Gasteiger partial charge < -0.3 is 10.8 Å². The second-order valence-electron chi connectivity index (χ2n) is 6.15. The number of aliphatic hydroxyl groups excluding tert-OH is 1. The average molecular weight is 248 g/mol. The number of nitrogens with zero attached hydrogens (tertiary/aromatic N) is 1. The van der Waals surface area contributed by atoms with E-state index in [1.807, 2.05) is 24.3 Å². The highest BCUT2D eigenvalue weighted by Gasteiger charge is 2.27. The Labute approximate surface area is 110 Å². The highest BCUT2D eigenvalue weighted by atomic mass is 16.3. The topological polar surface area (TPSA) is 49.5 Å². The predicted molar refractivity (Wildman–Crippen MR) is 75.3 cm³/mol. The number of nitrogen functional groups attached to an aromatic ring is 1. The number of hydrogen-bond donors (Lipinski definition) is 2. The smallest absolute Gasteiger partial charge is 0.0936 e. The number of rotatable bonds is 3. The van der Waals surface area contributed by atoms with Crippen LogP contribution in [0, 0.1) is 5.41 Å². The fourth-order valence-corrected chi connectivity index (χ4v) is 2.86. The summed E-state index contributed by atoms with van der Waals surface area (Å²) in [6.07, 6.45) is 2.00. The number of piperidine rings is 1. The first kappa shape index (κ1) is 13.4. The highest BCUT2D eigenvalue weighted by molar-refractivity contribution is 5.47. The van der Waals surface area contributed by atoms with Gasteiger partial charge >= 0.3 is 0 Å². The molecule has 1 unspecified atom stereocenters. The van der Waals surface area contributed by atoms with Crippen molar-refractivity contribution >= 4 is 5.69 Å². The summed E-state index contributed by atoms with van der Waals surface area (Å²) >= 11 is 0. The average Bonchev–Trinajstić information content (AvgIpc) is 2.28. The summed E-state index contributed by atoms with van der Waals surface area (Å²) in [5.74, 6) is 0. The molecule has 1 aliphatic heterocycles. The SMILES string of the molecule is CC1(C)CCCN(CC(O)c2ccccc2N)C1. The Morgan fingerprint density at radius 3 is 2.78 bits per heavy atom. The van der Waals surface area contributed by atoms with Crippen molar-refractivity contribution < 1.29 is 5.11 Å². The molecule has 1 aromatic rings. The maximum Gasteiger partial charge on any atom is 0.0936 e. The number of likely N-dealkylation sites (tertiary alicyclic amines) is 1. The molecule has 0 bridgehead atoms. The van der Waals surface area contributed by atoms with Crippen molar-refractivity contribution in [2.75, 3.05) is 25.4 Å². The van der Waals surface area contributed by atoms with Crippen LogP contribution < -0.4 is 5.73 Å². The predicted octanol–water partition coefficient (Wildman–Crippen LogP) is 2.42. The zero-order valence-electron chi connectivity index (χ0n) is 11.4. The monoisotopic (exact) mass is 248 g/mol. The van der Waals surface area contributed by atoms with Crippen LogP contribution in [-0.2, 0) is 0 Å². The summed E-state index contributed by atoms with van der Waals surface area (Å²) < 4.78 is 0. The lowest BCUT2D eigenvalue weighted by Crippen LogP contribution is -2.42. The lowest BCUT2D eigenvalue weighted by atomic mass is 9.84. The van der Waals surface area contributed by atoms with E-state index in [1.54, 1.807) is 0 Å². The van der Waals surface area contributed by atoms with Gasteiger partial charge in [0.05, 0.1) is 6.10 Å². The molecule has 100 valence electrons. The van der Waals surface area contributed by atoms with E-state index in [0.717, 1.165) is 18.7 Å². The van der Waals surface area contributed by atoms with Gasteiger partial charge in [-0.1, -0.05) is 32.0 Å². The van der Waals surface area contributed by atoms with Crippen molar-refractivity contribution in [1.29, 1.82) is 0 Å². The number of para-hydroxylation sites is 1. The zero-order valence-corrected chi connectivity index (χ0v) is 11.4. The number of benzene rings is 1. The van der Waals surface area contributed by atoms with Crippen molar-refractivity contribution in [2.24, 2.45) is 5.41 Å². The van der Waals surface area contributed by atoms with Crippen LogP contribution in [0.1, 0.15) is 38.4 Å². The molecule has 1 heterocycles. The van der Waals surface area contributed by atoms with E-state index in [1.165, 1.54) is 12.8 Å². The molecule has 0 radical (unpaired) electrons. The normalized spacial score (nSPS) is 21.7. The summed E-state index contributed by atoms with van der Waals surface area (Å²) in [4.78, 5) is 2.35. The van der Waals surface area contributed by atoms with E-state index in [0.29, 0.717) is 17.6 Å². The van der Waals surface area contributed by atoms with Crippen LogP contribution in [0.3, 0.4) is 0 Å². The Bertz CT molecular complexity index is 403. The zero-order chi connectivity index (χ0) is 13.2. The summed E-state index contributed by atoms with van der Waals surface area (Å²) in [5.41, 5.74) is 7.79. The Morgan fingerprint density at radius 1 is 1.39 bits per heavy atom. The van der Waals surface area contributed by atoms with Crippen LogP contribution >= 0.6 is 0 Å².